The fourth-order valence-corrected chi connectivity index (χ4v) is 2.51. The minimum atomic E-state index is -0.836. The molecule has 1 unspecified atom stereocenters. The summed E-state index contributed by atoms with van der Waals surface area (Å²) in [5.41, 5.74) is 8.98. The number of ether oxygens (including phenoxy) is 3. The fourth-order valence-electron chi connectivity index (χ4n) is 2.51. The maximum atomic E-state index is 9.48. The molecule has 0 spiro atoms. The third-order valence-electron chi connectivity index (χ3n) is 3.80. The summed E-state index contributed by atoms with van der Waals surface area (Å²) < 4.78 is 16.2. The lowest BCUT2D eigenvalue weighted by molar-refractivity contribution is 0.105. The van der Waals surface area contributed by atoms with Crippen LogP contribution in [0.15, 0.2) is 30.3 Å². The van der Waals surface area contributed by atoms with E-state index in [0.717, 1.165) is 16.8 Å². The second-order valence-electron chi connectivity index (χ2n) is 5.40. The molecule has 0 aromatic heterocycles. The number of hydrogen-bond donors (Lipinski definition) is 4. The molecular formula is C18H24N2O5. The molecule has 1 atom stereocenters. The molecule has 2 aromatic carbocycles. The van der Waals surface area contributed by atoms with Gasteiger partial charge in [-0.15, -0.1) is 0 Å². The van der Waals surface area contributed by atoms with Gasteiger partial charge in [-0.3, -0.25) is 0 Å². The number of benzene rings is 2. The summed E-state index contributed by atoms with van der Waals surface area (Å²) in [7, 11) is 4.65. The van der Waals surface area contributed by atoms with Crippen LogP contribution in [-0.2, 0) is 0 Å². The van der Waals surface area contributed by atoms with Crippen LogP contribution in [0.1, 0.15) is 0 Å². The van der Waals surface area contributed by atoms with E-state index in [4.69, 9.17) is 25.1 Å². The zero-order valence-corrected chi connectivity index (χ0v) is 14.6. The molecule has 0 aliphatic carbocycles. The molecule has 25 heavy (non-hydrogen) atoms. The van der Waals surface area contributed by atoms with Crippen molar-refractivity contribution in [3.05, 3.63) is 30.3 Å². The van der Waals surface area contributed by atoms with E-state index in [0.29, 0.717) is 22.9 Å². The van der Waals surface area contributed by atoms with Crippen LogP contribution in [-0.4, -0.2) is 50.8 Å². The first kappa shape index (κ1) is 18.7. The molecule has 0 heterocycles. The quantitative estimate of drug-likeness (QED) is 0.538. The number of nitrogens with two attached hydrogens (primary N) is 1. The van der Waals surface area contributed by atoms with Crippen LogP contribution >= 0.6 is 0 Å². The molecule has 0 fully saturated rings. The molecule has 0 aliphatic heterocycles. The molecule has 0 radical (unpaired) electrons. The normalized spacial score (nSPS) is 11.7. The van der Waals surface area contributed by atoms with Crippen molar-refractivity contribution in [3.63, 3.8) is 0 Å². The molecule has 136 valence electrons. The van der Waals surface area contributed by atoms with Gasteiger partial charge in [0.15, 0.2) is 11.5 Å². The van der Waals surface area contributed by atoms with E-state index in [1.165, 1.54) is 0 Å². The van der Waals surface area contributed by atoms with Crippen molar-refractivity contribution in [2.45, 2.75) is 6.10 Å². The lowest BCUT2D eigenvalue weighted by Gasteiger charge is -2.18. The van der Waals surface area contributed by atoms with Crippen LogP contribution in [0, 0.1) is 0 Å². The molecule has 2 rings (SSSR count). The predicted molar refractivity (Wildman–Crippen MR) is 97.5 cm³/mol. The second-order valence-corrected chi connectivity index (χ2v) is 5.40. The smallest absolute Gasteiger partial charge is 0.203 e. The van der Waals surface area contributed by atoms with Crippen LogP contribution in [0.25, 0.3) is 11.1 Å². The SMILES string of the molecule is COc1ccc(-c2cc(NCC(O)CO)ccc2N)c(OC)c1OC. The molecule has 0 amide bonds. The maximum Gasteiger partial charge on any atom is 0.203 e. The largest absolute Gasteiger partial charge is 0.493 e. The molecule has 7 heteroatoms. The van der Waals surface area contributed by atoms with Crippen LogP contribution in [0.2, 0.25) is 0 Å². The molecule has 0 bridgehead atoms. The Morgan fingerprint density at radius 1 is 1.00 bits per heavy atom. The van der Waals surface area contributed by atoms with Gasteiger partial charge in [0.2, 0.25) is 5.75 Å². The Bertz CT molecular complexity index is 721. The van der Waals surface area contributed by atoms with E-state index >= 15 is 0 Å². The molecule has 0 aliphatic rings. The second kappa shape index (κ2) is 8.46. The average molecular weight is 348 g/mol. The van der Waals surface area contributed by atoms with Gasteiger partial charge >= 0.3 is 0 Å². The monoisotopic (exact) mass is 348 g/mol. The summed E-state index contributed by atoms with van der Waals surface area (Å²) in [6.07, 6.45) is -0.836. The van der Waals surface area contributed by atoms with Crippen LogP contribution < -0.4 is 25.3 Å². The van der Waals surface area contributed by atoms with Crippen molar-refractivity contribution in [1.29, 1.82) is 0 Å². The highest BCUT2D eigenvalue weighted by atomic mass is 16.5. The number of nitrogens with one attached hydrogen (secondary N) is 1. The van der Waals surface area contributed by atoms with Crippen LogP contribution in [0.4, 0.5) is 11.4 Å². The summed E-state index contributed by atoms with van der Waals surface area (Å²) >= 11 is 0. The average Bonchev–Trinajstić information content (AvgIpc) is 2.65. The van der Waals surface area contributed by atoms with E-state index < -0.39 is 6.10 Å². The Morgan fingerprint density at radius 3 is 2.32 bits per heavy atom. The van der Waals surface area contributed by atoms with Gasteiger partial charge in [-0.1, -0.05) is 0 Å². The highest BCUT2D eigenvalue weighted by molar-refractivity contribution is 5.85. The van der Waals surface area contributed by atoms with Gasteiger partial charge in [-0.05, 0) is 30.3 Å². The van der Waals surface area contributed by atoms with E-state index in [1.54, 1.807) is 39.5 Å². The molecular weight excluding hydrogens is 324 g/mol. The Kier molecular flexibility index (Phi) is 6.32. The first-order valence-corrected chi connectivity index (χ1v) is 7.77. The lowest BCUT2D eigenvalue weighted by Crippen LogP contribution is -2.22. The zero-order chi connectivity index (χ0) is 18.4. The minimum absolute atomic E-state index is 0.225. The van der Waals surface area contributed by atoms with Crippen molar-refractivity contribution >= 4 is 11.4 Å². The zero-order valence-electron chi connectivity index (χ0n) is 14.6. The van der Waals surface area contributed by atoms with Gasteiger partial charge < -0.3 is 35.5 Å². The van der Waals surface area contributed by atoms with E-state index in [9.17, 15) is 5.11 Å². The first-order valence-electron chi connectivity index (χ1n) is 7.77. The van der Waals surface area contributed by atoms with Gasteiger partial charge in [-0.2, -0.15) is 0 Å². The highest BCUT2D eigenvalue weighted by Crippen LogP contribution is 2.46. The highest BCUT2D eigenvalue weighted by Gasteiger charge is 2.18. The number of nitrogen functional groups attached to an aromatic ring is 1. The summed E-state index contributed by atoms with van der Waals surface area (Å²) in [6, 6.07) is 9.04. The van der Waals surface area contributed by atoms with E-state index in [1.807, 2.05) is 12.1 Å². The number of hydrogen-bond acceptors (Lipinski definition) is 7. The summed E-state index contributed by atoms with van der Waals surface area (Å²) in [5.74, 6) is 1.55. The number of rotatable bonds is 8. The van der Waals surface area contributed by atoms with Crippen molar-refractivity contribution in [1.82, 2.24) is 0 Å². The van der Waals surface area contributed by atoms with Crippen molar-refractivity contribution in [3.8, 4) is 28.4 Å². The fraction of sp³-hybridized carbons (Fsp3) is 0.333. The predicted octanol–water partition coefficient (Wildman–Crippen LogP) is 1.73. The third-order valence-corrected chi connectivity index (χ3v) is 3.80. The topological polar surface area (TPSA) is 106 Å². The van der Waals surface area contributed by atoms with Crippen molar-refractivity contribution in [2.24, 2.45) is 0 Å². The number of aliphatic hydroxyl groups excluding tert-OH is 2. The number of aliphatic hydroxyl groups is 2. The van der Waals surface area contributed by atoms with Crippen LogP contribution in [0.3, 0.4) is 0 Å². The Labute approximate surface area is 146 Å². The van der Waals surface area contributed by atoms with Crippen LogP contribution in [0.5, 0.6) is 17.2 Å². The molecule has 0 saturated carbocycles. The molecule has 5 N–H and O–H groups in total. The van der Waals surface area contributed by atoms with Crippen molar-refractivity contribution in [2.75, 3.05) is 45.5 Å². The van der Waals surface area contributed by atoms with Crippen molar-refractivity contribution < 1.29 is 24.4 Å². The summed E-state index contributed by atoms with van der Waals surface area (Å²) in [6.45, 7) is -0.0821. The van der Waals surface area contributed by atoms with Gasteiger partial charge in [0.05, 0.1) is 34.0 Å². The van der Waals surface area contributed by atoms with Gasteiger partial charge in [0, 0.05) is 29.0 Å². The molecule has 0 saturated heterocycles. The minimum Gasteiger partial charge on any atom is -0.493 e. The van der Waals surface area contributed by atoms with E-state index in [2.05, 4.69) is 5.32 Å². The molecule has 7 nitrogen and oxygen atoms in total. The van der Waals surface area contributed by atoms with Gasteiger partial charge in [0.25, 0.3) is 0 Å². The van der Waals surface area contributed by atoms with Gasteiger partial charge in [0.1, 0.15) is 0 Å². The third kappa shape index (κ3) is 4.07. The van der Waals surface area contributed by atoms with E-state index in [-0.39, 0.29) is 13.2 Å². The maximum absolute atomic E-state index is 9.48. The lowest BCUT2D eigenvalue weighted by atomic mass is 10.0. The number of methoxy groups -OCH3 is 3. The Morgan fingerprint density at radius 2 is 1.72 bits per heavy atom. The van der Waals surface area contributed by atoms with Gasteiger partial charge in [-0.25, -0.2) is 0 Å². The summed E-state index contributed by atoms with van der Waals surface area (Å²) in [4.78, 5) is 0. The first-order chi connectivity index (χ1) is 12.0. The standard InChI is InChI=1S/C18H24N2O5/c1-23-16-7-5-13(17(24-2)18(16)25-3)14-8-11(4-6-15(14)19)20-9-12(22)10-21/h4-8,12,20-22H,9-10,19H2,1-3H3. The summed E-state index contributed by atoms with van der Waals surface area (Å²) in [5, 5.41) is 21.5. The Hall–Kier alpha value is -2.64. The molecule has 2 aromatic rings. The Balaban J connectivity index is 2.47. The number of anilines is 2.